The lowest BCUT2D eigenvalue weighted by Gasteiger charge is -2.33. The maximum atomic E-state index is 13.0. The Morgan fingerprint density at radius 1 is 1.21 bits per heavy atom. The first-order valence-corrected chi connectivity index (χ1v) is 10.7. The maximum absolute atomic E-state index is 13.0. The van der Waals surface area contributed by atoms with Crippen LogP contribution in [0.4, 0.5) is 0 Å². The van der Waals surface area contributed by atoms with Gasteiger partial charge in [0.2, 0.25) is 0 Å². The number of ether oxygens (including phenoxy) is 1. The molecule has 0 saturated carbocycles. The summed E-state index contributed by atoms with van der Waals surface area (Å²) in [5.74, 6) is 2.39. The first-order chi connectivity index (χ1) is 13.9. The molecule has 1 saturated heterocycles. The minimum Gasteiger partial charge on any atom is -0.465 e. The fourth-order valence-corrected chi connectivity index (χ4v) is 5.09. The van der Waals surface area contributed by atoms with Crippen LogP contribution >= 0.6 is 11.3 Å². The van der Waals surface area contributed by atoms with Gasteiger partial charge in [-0.15, -0.1) is 11.3 Å². The fraction of sp³-hybridized carbons (Fsp3) is 0.476. The lowest BCUT2D eigenvalue weighted by atomic mass is 10.1. The molecule has 3 aromatic heterocycles. The van der Waals surface area contributed by atoms with Gasteiger partial charge in [0.25, 0.3) is 5.91 Å². The second-order valence-corrected chi connectivity index (χ2v) is 8.41. The number of furan rings is 1. The van der Waals surface area contributed by atoms with E-state index in [0.29, 0.717) is 24.6 Å². The molecule has 1 atom stereocenters. The Balaban J connectivity index is 1.56. The first-order valence-electron chi connectivity index (χ1n) is 9.84. The molecule has 0 aromatic carbocycles. The van der Waals surface area contributed by atoms with Crippen molar-refractivity contribution in [2.75, 3.05) is 32.8 Å². The van der Waals surface area contributed by atoms with Gasteiger partial charge in [-0.05, 0) is 45.4 Å². The minimum absolute atomic E-state index is 0.0185. The normalized spacial score (nSPS) is 16.3. The summed E-state index contributed by atoms with van der Waals surface area (Å²) in [4.78, 5) is 25.9. The van der Waals surface area contributed by atoms with E-state index >= 15 is 0 Å². The van der Waals surface area contributed by atoms with Crippen molar-refractivity contribution < 1.29 is 13.9 Å². The first kappa shape index (κ1) is 20.0. The fourth-order valence-electron chi connectivity index (χ4n) is 3.89. The van der Waals surface area contributed by atoms with Crippen molar-refractivity contribution in [1.82, 2.24) is 20.2 Å². The Hall–Kier alpha value is -2.29. The standard InChI is InChI=1S/C21H26N4O3S/c1-12-5-6-17(28-12)16(25-7-9-27-10-8-25)11-22-20(26)19-13(2)18-14(3)23-15(4)24-21(18)29-19/h5-6,16H,7-11H2,1-4H3,(H,22,26). The summed E-state index contributed by atoms with van der Waals surface area (Å²) in [6.45, 7) is 11.2. The van der Waals surface area contributed by atoms with Gasteiger partial charge in [-0.3, -0.25) is 9.69 Å². The average Bonchev–Trinajstić information content (AvgIpc) is 3.26. The predicted octanol–water partition coefficient (Wildman–Crippen LogP) is 3.32. The number of nitrogens with zero attached hydrogens (tertiary/aromatic N) is 3. The molecular weight excluding hydrogens is 388 g/mol. The molecule has 4 rings (SSSR count). The molecule has 1 amide bonds. The molecular formula is C21H26N4O3S. The highest BCUT2D eigenvalue weighted by atomic mass is 32.1. The number of aromatic nitrogens is 2. The molecule has 1 unspecified atom stereocenters. The summed E-state index contributed by atoms with van der Waals surface area (Å²) in [5.41, 5.74) is 1.86. The van der Waals surface area contributed by atoms with Crippen LogP contribution in [0.25, 0.3) is 10.2 Å². The van der Waals surface area contributed by atoms with Crippen LogP contribution in [-0.4, -0.2) is 53.6 Å². The molecule has 0 radical (unpaired) electrons. The van der Waals surface area contributed by atoms with Gasteiger partial charge in [0, 0.05) is 30.7 Å². The Labute approximate surface area is 174 Å². The average molecular weight is 415 g/mol. The molecule has 0 bridgehead atoms. The number of hydrogen-bond donors (Lipinski definition) is 1. The summed E-state index contributed by atoms with van der Waals surface area (Å²) < 4.78 is 11.4. The van der Waals surface area contributed by atoms with E-state index in [1.165, 1.54) is 11.3 Å². The zero-order chi connectivity index (χ0) is 20.5. The van der Waals surface area contributed by atoms with Crippen LogP contribution in [0.1, 0.15) is 44.3 Å². The number of hydrogen-bond acceptors (Lipinski definition) is 7. The molecule has 1 aliphatic rings. The number of amides is 1. The molecule has 1 fully saturated rings. The monoisotopic (exact) mass is 414 g/mol. The molecule has 3 aromatic rings. The van der Waals surface area contributed by atoms with Crippen molar-refractivity contribution in [3.8, 4) is 0 Å². The van der Waals surface area contributed by atoms with Crippen LogP contribution in [-0.2, 0) is 4.74 Å². The molecule has 4 heterocycles. The highest BCUT2D eigenvalue weighted by molar-refractivity contribution is 7.20. The van der Waals surface area contributed by atoms with Crippen LogP contribution in [0, 0.1) is 27.7 Å². The lowest BCUT2D eigenvalue weighted by Crippen LogP contribution is -2.43. The summed E-state index contributed by atoms with van der Waals surface area (Å²) >= 11 is 1.43. The van der Waals surface area contributed by atoms with Crippen LogP contribution in [0.2, 0.25) is 0 Å². The van der Waals surface area contributed by atoms with Crippen molar-refractivity contribution in [3.63, 3.8) is 0 Å². The largest absolute Gasteiger partial charge is 0.465 e. The summed E-state index contributed by atoms with van der Waals surface area (Å²) in [7, 11) is 0. The molecule has 1 aliphatic heterocycles. The van der Waals surface area contributed by atoms with E-state index in [1.54, 1.807) is 0 Å². The highest BCUT2D eigenvalue weighted by Gasteiger charge is 2.27. The summed E-state index contributed by atoms with van der Waals surface area (Å²) in [5, 5.41) is 4.10. The topological polar surface area (TPSA) is 80.5 Å². The van der Waals surface area contributed by atoms with E-state index in [9.17, 15) is 4.79 Å². The number of fused-ring (bicyclic) bond motifs is 1. The number of carbonyl (C=O) groups is 1. The zero-order valence-corrected chi connectivity index (χ0v) is 18.1. The van der Waals surface area contributed by atoms with Gasteiger partial charge in [-0.25, -0.2) is 9.97 Å². The zero-order valence-electron chi connectivity index (χ0n) is 17.2. The Kier molecular flexibility index (Phi) is 5.67. The summed E-state index contributed by atoms with van der Waals surface area (Å²) in [6, 6.07) is 3.94. The van der Waals surface area contributed by atoms with Gasteiger partial charge in [-0.2, -0.15) is 0 Å². The third-order valence-corrected chi connectivity index (χ3v) is 6.51. The molecule has 0 aliphatic carbocycles. The maximum Gasteiger partial charge on any atom is 0.261 e. The van der Waals surface area contributed by atoms with E-state index in [4.69, 9.17) is 9.15 Å². The molecule has 29 heavy (non-hydrogen) atoms. The van der Waals surface area contributed by atoms with Crippen molar-refractivity contribution in [1.29, 1.82) is 0 Å². The molecule has 8 heteroatoms. The summed E-state index contributed by atoms with van der Waals surface area (Å²) in [6.07, 6.45) is 0. The van der Waals surface area contributed by atoms with Gasteiger partial charge in [0.1, 0.15) is 22.2 Å². The van der Waals surface area contributed by atoms with E-state index in [-0.39, 0.29) is 11.9 Å². The second-order valence-electron chi connectivity index (χ2n) is 7.42. The molecule has 154 valence electrons. The number of rotatable bonds is 5. The van der Waals surface area contributed by atoms with Crippen molar-refractivity contribution in [2.24, 2.45) is 0 Å². The van der Waals surface area contributed by atoms with Crippen molar-refractivity contribution >= 4 is 27.5 Å². The SMILES string of the molecule is Cc1nc(C)c2c(C)c(C(=O)NCC(c3ccc(C)o3)N3CCOCC3)sc2n1. The van der Waals surface area contributed by atoms with E-state index in [2.05, 4.69) is 20.2 Å². The van der Waals surface area contributed by atoms with Crippen LogP contribution in [0.15, 0.2) is 16.5 Å². The molecule has 1 N–H and O–H groups in total. The van der Waals surface area contributed by atoms with Gasteiger partial charge in [0.05, 0.1) is 24.1 Å². The lowest BCUT2D eigenvalue weighted by molar-refractivity contribution is 0.0117. The smallest absolute Gasteiger partial charge is 0.261 e. The van der Waals surface area contributed by atoms with Crippen molar-refractivity contribution in [2.45, 2.75) is 33.7 Å². The predicted molar refractivity (Wildman–Crippen MR) is 113 cm³/mol. The van der Waals surface area contributed by atoms with Crippen LogP contribution in [0.3, 0.4) is 0 Å². The van der Waals surface area contributed by atoms with E-state index in [0.717, 1.165) is 51.9 Å². The van der Waals surface area contributed by atoms with Crippen LogP contribution < -0.4 is 5.32 Å². The molecule has 7 nitrogen and oxygen atoms in total. The highest BCUT2D eigenvalue weighted by Crippen LogP contribution is 2.31. The Morgan fingerprint density at radius 2 is 1.97 bits per heavy atom. The third-order valence-electron chi connectivity index (χ3n) is 5.32. The minimum atomic E-state index is -0.0795. The number of morpholine rings is 1. The van der Waals surface area contributed by atoms with Gasteiger partial charge >= 0.3 is 0 Å². The third kappa shape index (κ3) is 4.05. The quantitative estimate of drug-likeness (QED) is 0.690. The van der Waals surface area contributed by atoms with Crippen molar-refractivity contribution in [3.05, 3.63) is 45.6 Å². The number of nitrogens with one attached hydrogen (secondary N) is 1. The number of aryl methyl sites for hydroxylation is 4. The Morgan fingerprint density at radius 3 is 2.66 bits per heavy atom. The number of carbonyl (C=O) groups excluding carboxylic acids is 1. The Bertz CT molecular complexity index is 1040. The molecule has 0 spiro atoms. The number of thiophene rings is 1. The van der Waals surface area contributed by atoms with Gasteiger partial charge in [-0.1, -0.05) is 0 Å². The van der Waals surface area contributed by atoms with Crippen LogP contribution in [0.5, 0.6) is 0 Å². The van der Waals surface area contributed by atoms with E-state index < -0.39 is 0 Å². The van der Waals surface area contributed by atoms with Gasteiger partial charge < -0.3 is 14.5 Å². The second kappa shape index (κ2) is 8.22. The van der Waals surface area contributed by atoms with Gasteiger partial charge in [0.15, 0.2) is 0 Å². The van der Waals surface area contributed by atoms with E-state index in [1.807, 2.05) is 39.8 Å².